The van der Waals surface area contributed by atoms with Crippen molar-refractivity contribution in [2.75, 3.05) is 49.8 Å². The van der Waals surface area contributed by atoms with Crippen molar-refractivity contribution in [1.29, 1.82) is 0 Å². The Hall–Kier alpha value is -3.66. The van der Waals surface area contributed by atoms with Crippen molar-refractivity contribution in [3.05, 3.63) is 48.2 Å². The van der Waals surface area contributed by atoms with Crippen molar-refractivity contribution in [2.24, 2.45) is 0 Å². The van der Waals surface area contributed by atoms with E-state index in [-0.39, 0.29) is 5.95 Å². The molecular weight excluding hydrogens is 384 g/mol. The van der Waals surface area contributed by atoms with Crippen LogP contribution in [0, 0.1) is 0 Å². The molecule has 3 heterocycles. The van der Waals surface area contributed by atoms with Crippen molar-refractivity contribution in [2.45, 2.75) is 6.42 Å². The summed E-state index contributed by atoms with van der Waals surface area (Å²) in [5.41, 5.74) is 8.38. The van der Waals surface area contributed by atoms with Gasteiger partial charge in [-0.15, -0.1) is 5.10 Å². The van der Waals surface area contributed by atoms with Crippen LogP contribution >= 0.6 is 0 Å². The van der Waals surface area contributed by atoms with Crippen molar-refractivity contribution in [3.8, 4) is 11.6 Å². The Morgan fingerprint density at radius 2 is 2.00 bits per heavy atom. The van der Waals surface area contributed by atoms with E-state index in [1.165, 1.54) is 10.1 Å². The molecule has 3 aromatic heterocycles. The van der Waals surface area contributed by atoms with E-state index in [1.807, 2.05) is 0 Å². The Morgan fingerprint density at radius 3 is 2.73 bits per heavy atom. The Labute approximate surface area is 173 Å². The van der Waals surface area contributed by atoms with E-state index in [0.717, 1.165) is 18.7 Å². The quantitative estimate of drug-likeness (QED) is 0.429. The molecule has 0 saturated carbocycles. The van der Waals surface area contributed by atoms with Crippen LogP contribution in [-0.2, 0) is 11.2 Å². The normalized spacial score (nSPS) is 11.1. The number of hydrogen-bond acceptors (Lipinski definition) is 9. The second-order valence-corrected chi connectivity index (χ2v) is 6.79. The minimum atomic E-state index is 0.205. The lowest BCUT2D eigenvalue weighted by Gasteiger charge is -2.19. The van der Waals surface area contributed by atoms with Crippen LogP contribution in [0.3, 0.4) is 0 Å². The first-order chi connectivity index (χ1) is 14.6. The van der Waals surface area contributed by atoms with Gasteiger partial charge in [0.1, 0.15) is 0 Å². The Balaban J connectivity index is 1.38. The highest BCUT2D eigenvalue weighted by Crippen LogP contribution is 2.18. The molecule has 0 amide bonds. The number of aromatic nitrogens is 5. The summed E-state index contributed by atoms with van der Waals surface area (Å²) >= 11 is 0. The zero-order valence-corrected chi connectivity index (χ0v) is 16.9. The summed E-state index contributed by atoms with van der Waals surface area (Å²) in [6.07, 6.45) is 2.38. The summed E-state index contributed by atoms with van der Waals surface area (Å²) in [5.74, 6) is 1.94. The fourth-order valence-corrected chi connectivity index (χ4v) is 2.99. The number of benzene rings is 1. The molecule has 4 aromatic rings. The summed E-state index contributed by atoms with van der Waals surface area (Å²) in [6.45, 7) is 2.21. The number of nitrogens with two attached hydrogens (primary N) is 1. The zero-order valence-electron chi connectivity index (χ0n) is 16.9. The van der Waals surface area contributed by atoms with E-state index in [4.69, 9.17) is 14.9 Å². The maximum atomic E-state index is 6.01. The number of nitrogens with zero attached hydrogens (tertiary/aromatic N) is 6. The van der Waals surface area contributed by atoms with Crippen LogP contribution < -0.4 is 16.0 Å². The predicted octanol–water partition coefficient (Wildman–Crippen LogP) is 2.10. The maximum absolute atomic E-state index is 6.01. The van der Waals surface area contributed by atoms with Crippen LogP contribution in [0.4, 0.5) is 17.6 Å². The van der Waals surface area contributed by atoms with Gasteiger partial charge >= 0.3 is 0 Å². The van der Waals surface area contributed by atoms with Gasteiger partial charge in [0.2, 0.25) is 17.7 Å². The monoisotopic (exact) mass is 408 g/mol. The van der Waals surface area contributed by atoms with Crippen LogP contribution in [-0.4, -0.2) is 58.4 Å². The molecule has 156 valence electrons. The molecule has 0 fully saturated rings. The van der Waals surface area contributed by atoms with Gasteiger partial charge in [0.05, 0.1) is 12.9 Å². The minimum Gasteiger partial charge on any atom is -0.461 e. The number of methoxy groups -OCH3 is 1. The number of nitrogen functional groups attached to an aromatic ring is 1. The number of ether oxygens (including phenoxy) is 1. The van der Waals surface area contributed by atoms with E-state index in [9.17, 15) is 0 Å². The zero-order chi connectivity index (χ0) is 20.9. The smallest absolute Gasteiger partial charge is 0.259 e. The summed E-state index contributed by atoms with van der Waals surface area (Å²) in [5, 5.41) is 7.49. The molecular formula is C20H24N8O2. The number of anilines is 3. The van der Waals surface area contributed by atoms with E-state index in [2.05, 4.69) is 61.6 Å². The standard InChI is InChI=1S/C20H24N8O2/c1-27(11-13-29-2)15-7-5-14(6-8-15)9-10-22-19-24-18(21)28-20(25-19)23-17(26-28)16-4-3-12-30-16/h3-8,12H,9-11,13H2,1-2H3,(H3,21,22,23,24,25,26). The van der Waals surface area contributed by atoms with Gasteiger partial charge in [0.15, 0.2) is 5.76 Å². The van der Waals surface area contributed by atoms with Crippen molar-refractivity contribution in [1.82, 2.24) is 24.6 Å². The van der Waals surface area contributed by atoms with Crippen LogP contribution in [0.15, 0.2) is 47.1 Å². The van der Waals surface area contributed by atoms with E-state index >= 15 is 0 Å². The number of nitrogens with one attached hydrogen (secondary N) is 1. The summed E-state index contributed by atoms with van der Waals surface area (Å²) < 4.78 is 11.8. The number of likely N-dealkylation sites (N-methyl/N-ethyl adjacent to an activating group) is 1. The molecule has 0 bridgehead atoms. The van der Waals surface area contributed by atoms with Gasteiger partial charge in [-0.25, -0.2) is 0 Å². The second-order valence-electron chi connectivity index (χ2n) is 6.79. The molecule has 0 atom stereocenters. The van der Waals surface area contributed by atoms with Gasteiger partial charge in [-0.05, 0) is 36.2 Å². The van der Waals surface area contributed by atoms with Gasteiger partial charge in [0, 0.05) is 32.9 Å². The molecule has 0 radical (unpaired) electrons. The van der Waals surface area contributed by atoms with Gasteiger partial charge in [-0.1, -0.05) is 12.1 Å². The van der Waals surface area contributed by atoms with E-state index in [0.29, 0.717) is 36.5 Å². The lowest BCUT2D eigenvalue weighted by atomic mass is 10.1. The number of fused-ring (bicyclic) bond motifs is 1. The topological polar surface area (TPSA) is 120 Å². The first-order valence-electron chi connectivity index (χ1n) is 9.61. The summed E-state index contributed by atoms with van der Waals surface area (Å²) in [6, 6.07) is 12.0. The third-order valence-corrected chi connectivity index (χ3v) is 4.68. The largest absolute Gasteiger partial charge is 0.461 e. The van der Waals surface area contributed by atoms with E-state index < -0.39 is 0 Å². The van der Waals surface area contributed by atoms with Crippen molar-refractivity contribution >= 4 is 23.4 Å². The van der Waals surface area contributed by atoms with Crippen LogP contribution in [0.1, 0.15) is 5.56 Å². The third kappa shape index (κ3) is 4.33. The molecule has 3 N–H and O–H groups in total. The minimum absolute atomic E-state index is 0.205. The number of hydrogen-bond donors (Lipinski definition) is 2. The number of rotatable bonds is 9. The van der Waals surface area contributed by atoms with E-state index in [1.54, 1.807) is 25.5 Å². The Kier molecular flexibility index (Phi) is 5.75. The van der Waals surface area contributed by atoms with Crippen LogP contribution in [0.5, 0.6) is 0 Å². The molecule has 30 heavy (non-hydrogen) atoms. The molecule has 0 aliphatic rings. The van der Waals surface area contributed by atoms with Gasteiger partial charge in [-0.3, -0.25) is 0 Å². The van der Waals surface area contributed by atoms with Crippen molar-refractivity contribution in [3.63, 3.8) is 0 Å². The third-order valence-electron chi connectivity index (χ3n) is 4.68. The lowest BCUT2D eigenvalue weighted by molar-refractivity contribution is 0.206. The molecule has 0 aliphatic carbocycles. The van der Waals surface area contributed by atoms with Crippen LogP contribution in [0.25, 0.3) is 17.4 Å². The molecule has 10 heteroatoms. The molecule has 4 rings (SSSR count). The predicted molar refractivity (Wildman–Crippen MR) is 114 cm³/mol. The van der Waals surface area contributed by atoms with Crippen molar-refractivity contribution < 1.29 is 9.15 Å². The fraction of sp³-hybridized carbons (Fsp3) is 0.300. The highest BCUT2D eigenvalue weighted by molar-refractivity contribution is 5.52. The van der Waals surface area contributed by atoms with Gasteiger partial charge in [-0.2, -0.15) is 19.5 Å². The molecule has 0 spiro atoms. The first kappa shape index (κ1) is 19.6. The first-order valence-corrected chi connectivity index (χ1v) is 9.61. The average molecular weight is 408 g/mol. The SMILES string of the molecule is COCCN(C)c1ccc(CCNc2nc(N)n3nc(-c4ccco4)nc3n2)cc1. The molecule has 0 unspecified atom stereocenters. The Morgan fingerprint density at radius 1 is 1.17 bits per heavy atom. The highest BCUT2D eigenvalue weighted by Gasteiger charge is 2.13. The molecule has 0 aliphatic heterocycles. The molecule has 10 nitrogen and oxygen atoms in total. The number of furan rings is 1. The summed E-state index contributed by atoms with van der Waals surface area (Å²) in [4.78, 5) is 15.2. The van der Waals surface area contributed by atoms with Gasteiger partial charge < -0.3 is 25.1 Å². The van der Waals surface area contributed by atoms with Gasteiger partial charge in [0.25, 0.3) is 5.78 Å². The molecule has 0 saturated heterocycles. The summed E-state index contributed by atoms with van der Waals surface area (Å²) in [7, 11) is 3.76. The fourth-order valence-electron chi connectivity index (χ4n) is 2.99. The molecule has 1 aromatic carbocycles. The average Bonchev–Trinajstić information content (AvgIpc) is 3.42. The van der Waals surface area contributed by atoms with Crippen LogP contribution in [0.2, 0.25) is 0 Å². The highest BCUT2D eigenvalue weighted by atomic mass is 16.5. The lowest BCUT2D eigenvalue weighted by Crippen LogP contribution is -2.21. The maximum Gasteiger partial charge on any atom is 0.259 e. The Bertz CT molecular complexity index is 1090. The second kappa shape index (κ2) is 8.78.